The Morgan fingerprint density at radius 1 is 1.44 bits per heavy atom. The molecule has 0 saturated heterocycles. The van der Waals surface area contributed by atoms with E-state index in [4.69, 9.17) is 9.60 Å². The van der Waals surface area contributed by atoms with Gasteiger partial charge in [-0.1, -0.05) is 25.5 Å². The van der Waals surface area contributed by atoms with Crippen molar-refractivity contribution in [2.75, 3.05) is 0 Å². The van der Waals surface area contributed by atoms with Crippen molar-refractivity contribution in [2.24, 2.45) is 28.6 Å². The average Bonchev–Trinajstić information content (AvgIpc) is 2.95. The summed E-state index contributed by atoms with van der Waals surface area (Å²) in [6.45, 7) is 2.33. The van der Waals surface area contributed by atoms with Gasteiger partial charge in [0, 0.05) is 23.6 Å². The fraction of sp³-hybridized carbons (Fsp3) is 0.700. The number of carboxylic acid groups (broad SMARTS) is 1. The molecule has 5 heteroatoms. The molecule has 5 nitrogen and oxygen atoms in total. The first-order valence-corrected chi connectivity index (χ1v) is 8.34. The van der Waals surface area contributed by atoms with Crippen molar-refractivity contribution in [2.45, 2.75) is 57.5 Å². The Balaban J connectivity index is 2.10. The zero-order chi connectivity index (χ0) is 25.4. The van der Waals surface area contributed by atoms with E-state index in [1.54, 1.807) is 0 Å². The zero-order valence-corrected chi connectivity index (χ0v) is 14.0. The standard InChI is InChI=1S/C20H26O5/c1-18-7-5-12(21)9-11(18)3-4-13-14-6-8-20(25,17(23)24)19(14,2)10-15(22)16(13)18/h5,7,9,13-16,22,25H,3-4,6,8,10H2,1-2H3,(H,23,24)/t13?,14-,15-,16+,18-,19-,20-/m0/s1/i3D2,5D,9D,10D2,15D,16D. The number of allylic oxidation sites excluding steroid dienone is 4. The molecule has 0 heterocycles. The van der Waals surface area contributed by atoms with Gasteiger partial charge in [0.2, 0.25) is 0 Å². The maximum Gasteiger partial charge on any atom is 0.336 e. The molecule has 0 spiro atoms. The number of rotatable bonds is 1. The van der Waals surface area contributed by atoms with Crippen LogP contribution in [0.1, 0.15) is 56.8 Å². The van der Waals surface area contributed by atoms with E-state index in [9.17, 15) is 26.3 Å². The molecule has 0 aromatic heterocycles. The van der Waals surface area contributed by atoms with E-state index in [0.29, 0.717) is 0 Å². The summed E-state index contributed by atoms with van der Waals surface area (Å²) in [5.74, 6) is -7.89. The van der Waals surface area contributed by atoms with Crippen molar-refractivity contribution in [3.63, 3.8) is 0 Å². The Hall–Kier alpha value is -1.46. The molecule has 4 rings (SSSR count). The number of aliphatic carboxylic acids is 1. The number of carboxylic acids is 1. The van der Waals surface area contributed by atoms with Gasteiger partial charge in [-0.25, -0.2) is 4.79 Å². The third kappa shape index (κ3) is 1.97. The number of fused-ring (bicyclic) bond motifs is 5. The number of ketones is 1. The molecule has 25 heavy (non-hydrogen) atoms. The number of hydrogen-bond acceptors (Lipinski definition) is 4. The lowest BCUT2D eigenvalue weighted by Gasteiger charge is -2.59. The summed E-state index contributed by atoms with van der Waals surface area (Å²) in [7, 11) is 0. The van der Waals surface area contributed by atoms with Gasteiger partial charge in [0.05, 0.1) is 10.2 Å². The van der Waals surface area contributed by atoms with E-state index in [-0.39, 0.29) is 6.42 Å². The Kier molecular flexibility index (Phi) is 2.02. The van der Waals surface area contributed by atoms with Gasteiger partial charge in [0.25, 0.3) is 0 Å². The predicted molar refractivity (Wildman–Crippen MR) is 90.6 cm³/mol. The van der Waals surface area contributed by atoms with E-state index >= 15 is 0 Å². The van der Waals surface area contributed by atoms with E-state index in [1.165, 1.54) is 6.92 Å². The topological polar surface area (TPSA) is 94.8 Å². The fourth-order valence-corrected chi connectivity index (χ4v) is 5.13. The van der Waals surface area contributed by atoms with Gasteiger partial charge in [0.1, 0.15) is 0 Å². The van der Waals surface area contributed by atoms with Gasteiger partial charge in [0.15, 0.2) is 11.4 Å². The third-order valence-corrected chi connectivity index (χ3v) is 6.57. The molecule has 0 aromatic rings. The highest BCUT2D eigenvalue weighted by molar-refractivity contribution is 6.01. The second kappa shape index (κ2) is 5.04. The Morgan fingerprint density at radius 3 is 2.84 bits per heavy atom. The van der Waals surface area contributed by atoms with Crippen LogP contribution in [0.5, 0.6) is 0 Å². The van der Waals surface area contributed by atoms with Crippen LogP contribution in [-0.2, 0) is 9.59 Å². The average molecular weight is 354 g/mol. The largest absolute Gasteiger partial charge is 0.479 e. The van der Waals surface area contributed by atoms with Gasteiger partial charge < -0.3 is 15.3 Å². The molecule has 3 saturated carbocycles. The first kappa shape index (κ1) is 10.0. The summed E-state index contributed by atoms with van der Waals surface area (Å²) < 4.78 is 69.3. The molecule has 7 atom stereocenters. The molecular formula is C20H26O5. The molecule has 0 radical (unpaired) electrons. The summed E-state index contributed by atoms with van der Waals surface area (Å²) in [4.78, 5) is 24.4. The first-order valence-electron chi connectivity index (χ1n) is 12.3. The number of carbonyl (C=O) groups is 2. The number of aliphatic hydroxyl groups is 2. The second-order valence-electron chi connectivity index (χ2n) is 7.71. The van der Waals surface area contributed by atoms with Crippen LogP contribution in [0, 0.1) is 28.6 Å². The second-order valence-corrected chi connectivity index (χ2v) is 7.71. The molecule has 0 bridgehead atoms. The van der Waals surface area contributed by atoms with Gasteiger partial charge in [-0.15, -0.1) is 0 Å². The van der Waals surface area contributed by atoms with Crippen molar-refractivity contribution >= 4 is 11.8 Å². The summed E-state index contributed by atoms with van der Waals surface area (Å²) in [6, 6.07) is -1.59. The molecule has 3 fully saturated rings. The van der Waals surface area contributed by atoms with Crippen LogP contribution in [-0.4, -0.2) is 38.8 Å². The first-order chi connectivity index (χ1) is 14.7. The Morgan fingerprint density at radius 2 is 2.16 bits per heavy atom. The van der Waals surface area contributed by atoms with E-state index in [1.807, 2.05) is 0 Å². The van der Waals surface area contributed by atoms with Crippen LogP contribution in [0.2, 0.25) is 0 Å². The van der Waals surface area contributed by atoms with Crippen molar-refractivity contribution in [3.05, 3.63) is 23.8 Å². The van der Waals surface area contributed by atoms with Gasteiger partial charge in [-0.3, -0.25) is 4.79 Å². The Bertz CT molecular complexity index is 1050. The van der Waals surface area contributed by atoms with Crippen LogP contribution in [0.25, 0.3) is 0 Å². The molecule has 4 aliphatic rings. The molecule has 1 unspecified atom stereocenters. The molecule has 3 N–H and O–H groups in total. The third-order valence-electron chi connectivity index (χ3n) is 6.57. The highest BCUT2D eigenvalue weighted by Gasteiger charge is 2.68. The SMILES string of the molecule is [2H]C1=C[C@@]2(C)C(=C([2H])C1=O)C([2H])([2H])CC1[C@@H]3CC[C@](O)(C(=O)O)[C@@]3(C)C([2H])([2H])[C@]([2H])(O)[C@@]12[2H]. The van der Waals surface area contributed by atoms with E-state index < -0.39 is 95.3 Å². The van der Waals surface area contributed by atoms with Crippen LogP contribution in [0.15, 0.2) is 23.8 Å². The number of hydrogen-bond donors (Lipinski definition) is 3. The van der Waals surface area contributed by atoms with Crippen molar-refractivity contribution in [1.29, 1.82) is 0 Å². The summed E-state index contributed by atoms with van der Waals surface area (Å²) in [6.07, 6.45) is -9.21. The highest BCUT2D eigenvalue weighted by Crippen LogP contribution is 2.66. The van der Waals surface area contributed by atoms with Crippen LogP contribution < -0.4 is 0 Å². The normalized spacial score (nSPS) is 66.7. The summed E-state index contributed by atoms with van der Waals surface area (Å²) >= 11 is 0. The minimum atomic E-state index is -3.42. The smallest absolute Gasteiger partial charge is 0.336 e. The quantitative estimate of drug-likeness (QED) is 0.670. The van der Waals surface area contributed by atoms with Crippen LogP contribution in [0.3, 0.4) is 0 Å². The minimum absolute atomic E-state index is 0.102. The van der Waals surface area contributed by atoms with Gasteiger partial charge >= 0.3 is 5.97 Å². The van der Waals surface area contributed by atoms with E-state index in [0.717, 1.165) is 13.0 Å². The lowest BCUT2D eigenvalue weighted by Crippen LogP contribution is -2.61. The molecule has 0 aliphatic heterocycles. The lowest BCUT2D eigenvalue weighted by molar-refractivity contribution is -0.192. The van der Waals surface area contributed by atoms with Crippen LogP contribution >= 0.6 is 0 Å². The van der Waals surface area contributed by atoms with Gasteiger partial charge in [-0.05, 0) is 55.9 Å². The van der Waals surface area contributed by atoms with Gasteiger partial charge in [-0.2, -0.15) is 0 Å². The summed E-state index contributed by atoms with van der Waals surface area (Å²) in [5, 5.41) is 32.4. The lowest BCUT2D eigenvalue weighted by atomic mass is 9.46. The molecule has 0 amide bonds. The minimum Gasteiger partial charge on any atom is -0.479 e. The van der Waals surface area contributed by atoms with Crippen LogP contribution in [0.4, 0.5) is 0 Å². The Labute approximate surface area is 158 Å². The maximum atomic E-state index is 12.3. The van der Waals surface area contributed by atoms with Crippen molar-refractivity contribution in [1.82, 2.24) is 0 Å². The predicted octanol–water partition coefficient (Wildman–Crippen LogP) is 2.08. The zero-order valence-electron chi connectivity index (χ0n) is 22.0. The molecule has 0 aromatic carbocycles. The molecule has 4 aliphatic carbocycles. The maximum absolute atomic E-state index is 12.3. The molecule has 136 valence electrons. The molecular weight excluding hydrogens is 320 g/mol. The fourth-order valence-electron chi connectivity index (χ4n) is 5.13. The van der Waals surface area contributed by atoms with Crippen molar-refractivity contribution in [3.8, 4) is 0 Å². The van der Waals surface area contributed by atoms with Crippen molar-refractivity contribution < 1.29 is 35.9 Å². The monoisotopic (exact) mass is 354 g/mol. The summed E-state index contributed by atoms with van der Waals surface area (Å²) in [5.41, 5.74) is -7.54. The highest BCUT2D eigenvalue weighted by atomic mass is 16.4. The number of carbonyl (C=O) groups excluding carboxylic acids is 1. The van der Waals surface area contributed by atoms with E-state index in [2.05, 4.69) is 0 Å².